The van der Waals surface area contributed by atoms with Gasteiger partial charge in [0.2, 0.25) is 0 Å². The molecule has 1 aromatic heterocycles. The zero-order chi connectivity index (χ0) is 8.39. The van der Waals surface area contributed by atoms with Crippen molar-refractivity contribution in [2.75, 3.05) is 11.9 Å². The Morgan fingerprint density at radius 1 is 1.58 bits per heavy atom. The van der Waals surface area contributed by atoms with E-state index in [0.29, 0.717) is 0 Å². The molecule has 0 bridgehead atoms. The number of fused-ring (bicyclic) bond motifs is 1. The second-order valence-corrected chi connectivity index (χ2v) is 3.22. The van der Waals surface area contributed by atoms with Gasteiger partial charge in [0.15, 0.2) is 0 Å². The largest absolute Gasteiger partial charge is 0.384 e. The van der Waals surface area contributed by atoms with Crippen molar-refractivity contribution in [1.29, 1.82) is 0 Å². The van der Waals surface area contributed by atoms with Gasteiger partial charge in [-0.15, -0.1) is 0 Å². The molecule has 0 amide bonds. The highest BCUT2D eigenvalue weighted by atomic mass is 14.9. The van der Waals surface area contributed by atoms with Crippen LogP contribution in [0, 0.1) is 0 Å². The summed E-state index contributed by atoms with van der Waals surface area (Å²) in [4.78, 5) is 4.43. The molecular weight excluding hydrogens is 148 g/mol. The minimum absolute atomic E-state index is 1.07. The third-order valence-corrected chi connectivity index (χ3v) is 2.34. The van der Waals surface area contributed by atoms with E-state index in [2.05, 4.69) is 23.3 Å². The fraction of sp³-hybridized carbons (Fsp3) is 0.500. The van der Waals surface area contributed by atoms with Crippen LogP contribution in [-0.4, -0.2) is 11.5 Å². The molecule has 64 valence electrons. The van der Waals surface area contributed by atoms with E-state index < -0.39 is 0 Å². The van der Waals surface area contributed by atoms with E-state index in [1.807, 2.05) is 6.20 Å². The standard InChI is InChI=1S/C10H14N2/c1-2-8-6-10-9(12-7-8)4-3-5-11-10/h6-7,11H,2-5H2,1H3. The monoisotopic (exact) mass is 162 g/mol. The summed E-state index contributed by atoms with van der Waals surface area (Å²) in [7, 11) is 0. The van der Waals surface area contributed by atoms with E-state index in [1.165, 1.54) is 23.4 Å². The predicted octanol–water partition coefficient (Wildman–Crippen LogP) is 2.00. The summed E-state index contributed by atoms with van der Waals surface area (Å²) in [5.41, 5.74) is 3.81. The molecule has 1 N–H and O–H groups in total. The summed E-state index contributed by atoms with van der Waals surface area (Å²) >= 11 is 0. The molecule has 0 aliphatic carbocycles. The first-order valence-electron chi connectivity index (χ1n) is 4.62. The third kappa shape index (κ3) is 1.29. The van der Waals surface area contributed by atoms with E-state index in [4.69, 9.17) is 0 Å². The Kier molecular flexibility index (Phi) is 1.98. The third-order valence-electron chi connectivity index (χ3n) is 2.34. The average molecular weight is 162 g/mol. The topological polar surface area (TPSA) is 24.9 Å². The number of anilines is 1. The van der Waals surface area contributed by atoms with Gasteiger partial charge in [0.25, 0.3) is 0 Å². The van der Waals surface area contributed by atoms with Crippen molar-refractivity contribution in [3.05, 3.63) is 23.5 Å². The summed E-state index contributed by atoms with van der Waals surface area (Å²) in [5.74, 6) is 0. The number of aryl methyl sites for hydroxylation is 2. The Hall–Kier alpha value is -1.05. The maximum Gasteiger partial charge on any atom is 0.0635 e. The Labute approximate surface area is 73.0 Å². The molecule has 0 spiro atoms. The van der Waals surface area contributed by atoms with Crippen LogP contribution in [0.1, 0.15) is 24.6 Å². The number of hydrogen-bond acceptors (Lipinski definition) is 2. The predicted molar refractivity (Wildman–Crippen MR) is 50.4 cm³/mol. The van der Waals surface area contributed by atoms with Gasteiger partial charge in [-0.05, 0) is 30.9 Å². The molecule has 0 atom stereocenters. The SMILES string of the molecule is CCc1cnc2c(c1)NCCC2. The first kappa shape index (κ1) is 7.59. The molecule has 0 unspecified atom stereocenters. The highest BCUT2D eigenvalue weighted by Gasteiger charge is 2.08. The van der Waals surface area contributed by atoms with Crippen molar-refractivity contribution in [2.45, 2.75) is 26.2 Å². The molecule has 2 nitrogen and oxygen atoms in total. The van der Waals surface area contributed by atoms with Crippen LogP contribution in [0.15, 0.2) is 12.3 Å². The van der Waals surface area contributed by atoms with Gasteiger partial charge in [0, 0.05) is 12.7 Å². The number of nitrogens with zero attached hydrogens (tertiary/aromatic N) is 1. The Morgan fingerprint density at radius 2 is 2.50 bits per heavy atom. The summed E-state index contributed by atoms with van der Waals surface area (Å²) in [6, 6.07) is 2.22. The minimum atomic E-state index is 1.07. The van der Waals surface area contributed by atoms with Gasteiger partial charge in [0.1, 0.15) is 0 Å². The second kappa shape index (κ2) is 3.13. The Morgan fingerprint density at radius 3 is 3.33 bits per heavy atom. The number of pyridine rings is 1. The van der Waals surface area contributed by atoms with Crippen LogP contribution < -0.4 is 5.32 Å². The van der Waals surface area contributed by atoms with Gasteiger partial charge >= 0.3 is 0 Å². The zero-order valence-electron chi connectivity index (χ0n) is 7.43. The molecule has 2 rings (SSSR count). The number of aromatic nitrogens is 1. The van der Waals surface area contributed by atoms with Crippen molar-refractivity contribution < 1.29 is 0 Å². The van der Waals surface area contributed by atoms with Crippen LogP contribution in [0.2, 0.25) is 0 Å². The molecule has 2 heteroatoms. The van der Waals surface area contributed by atoms with Gasteiger partial charge in [-0.3, -0.25) is 4.98 Å². The number of nitrogens with one attached hydrogen (secondary N) is 1. The lowest BCUT2D eigenvalue weighted by molar-refractivity contribution is 0.798. The highest BCUT2D eigenvalue weighted by molar-refractivity contribution is 5.51. The van der Waals surface area contributed by atoms with Gasteiger partial charge in [0.05, 0.1) is 11.4 Å². The smallest absolute Gasteiger partial charge is 0.0635 e. The second-order valence-electron chi connectivity index (χ2n) is 3.22. The van der Waals surface area contributed by atoms with Crippen LogP contribution in [0.4, 0.5) is 5.69 Å². The van der Waals surface area contributed by atoms with Gasteiger partial charge < -0.3 is 5.32 Å². The van der Waals surface area contributed by atoms with E-state index in [0.717, 1.165) is 19.4 Å². The highest BCUT2D eigenvalue weighted by Crippen LogP contribution is 2.20. The Balaban J connectivity index is 2.36. The molecule has 1 aromatic rings. The molecule has 12 heavy (non-hydrogen) atoms. The maximum absolute atomic E-state index is 4.43. The molecular formula is C10H14N2. The lowest BCUT2D eigenvalue weighted by Crippen LogP contribution is -2.13. The zero-order valence-corrected chi connectivity index (χ0v) is 7.43. The molecule has 0 aromatic carbocycles. The fourth-order valence-corrected chi connectivity index (χ4v) is 1.56. The quantitative estimate of drug-likeness (QED) is 0.683. The van der Waals surface area contributed by atoms with E-state index in [-0.39, 0.29) is 0 Å². The molecule has 0 saturated heterocycles. The van der Waals surface area contributed by atoms with Gasteiger partial charge in [-0.25, -0.2) is 0 Å². The van der Waals surface area contributed by atoms with Crippen LogP contribution >= 0.6 is 0 Å². The average Bonchev–Trinajstić information content (AvgIpc) is 2.17. The van der Waals surface area contributed by atoms with Crippen molar-refractivity contribution in [2.24, 2.45) is 0 Å². The fourth-order valence-electron chi connectivity index (χ4n) is 1.56. The molecule has 0 fully saturated rings. The van der Waals surface area contributed by atoms with Crippen molar-refractivity contribution >= 4 is 5.69 Å². The molecule has 0 saturated carbocycles. The minimum Gasteiger partial charge on any atom is -0.384 e. The van der Waals surface area contributed by atoms with E-state index in [1.54, 1.807) is 0 Å². The summed E-state index contributed by atoms with van der Waals surface area (Å²) in [5, 5.41) is 3.37. The Bertz CT molecular complexity index is 281. The maximum atomic E-state index is 4.43. The van der Waals surface area contributed by atoms with Crippen LogP contribution in [-0.2, 0) is 12.8 Å². The van der Waals surface area contributed by atoms with Crippen molar-refractivity contribution in [1.82, 2.24) is 4.98 Å². The van der Waals surface area contributed by atoms with Crippen molar-refractivity contribution in [3.8, 4) is 0 Å². The molecule has 1 aliphatic rings. The molecule has 1 aliphatic heterocycles. The van der Waals surface area contributed by atoms with E-state index in [9.17, 15) is 0 Å². The first-order valence-corrected chi connectivity index (χ1v) is 4.62. The van der Waals surface area contributed by atoms with Gasteiger partial charge in [-0.1, -0.05) is 6.92 Å². The van der Waals surface area contributed by atoms with E-state index >= 15 is 0 Å². The molecule has 2 heterocycles. The first-order chi connectivity index (χ1) is 5.90. The normalized spacial score (nSPS) is 15.1. The summed E-state index contributed by atoms with van der Waals surface area (Å²) < 4.78 is 0. The van der Waals surface area contributed by atoms with Crippen LogP contribution in [0.25, 0.3) is 0 Å². The van der Waals surface area contributed by atoms with Crippen molar-refractivity contribution in [3.63, 3.8) is 0 Å². The molecule has 0 radical (unpaired) electrons. The summed E-state index contributed by atoms with van der Waals surface area (Å²) in [6.45, 7) is 3.26. The van der Waals surface area contributed by atoms with Crippen LogP contribution in [0.3, 0.4) is 0 Å². The summed E-state index contributed by atoms with van der Waals surface area (Å²) in [6.07, 6.45) is 5.41. The number of hydrogen-bond donors (Lipinski definition) is 1. The van der Waals surface area contributed by atoms with Crippen LogP contribution in [0.5, 0.6) is 0 Å². The lowest BCUT2D eigenvalue weighted by atomic mass is 10.1. The number of rotatable bonds is 1. The lowest BCUT2D eigenvalue weighted by Gasteiger charge is -2.17. The van der Waals surface area contributed by atoms with Gasteiger partial charge in [-0.2, -0.15) is 0 Å².